The van der Waals surface area contributed by atoms with E-state index in [1.54, 1.807) is 19.2 Å². The number of nitrogens with one attached hydrogen (secondary N) is 1. The number of hydrogen-bond acceptors (Lipinski definition) is 8. The summed E-state index contributed by atoms with van der Waals surface area (Å²) < 4.78 is 24.1. The first-order chi connectivity index (χ1) is 14.1. The standard InChI is InChI=1S/C20H23FN6O2/c1-28-17-8-6-16(7-9-17)27-19(23-15-4-2-14(21)3-5-15)24-18(22)25-20(27)26-10-12-29-13-11-26/h2-9,19,23H,10-13H2,1H3,(H2,22,24). The summed E-state index contributed by atoms with van der Waals surface area (Å²) in [5.74, 6) is 1.31. The number of benzene rings is 2. The van der Waals surface area contributed by atoms with Crippen LogP contribution in [-0.2, 0) is 4.74 Å². The highest BCUT2D eigenvalue weighted by atomic mass is 19.1. The van der Waals surface area contributed by atoms with E-state index in [-0.39, 0.29) is 11.8 Å². The molecule has 9 heteroatoms. The van der Waals surface area contributed by atoms with E-state index in [2.05, 4.69) is 20.2 Å². The maximum atomic E-state index is 13.3. The van der Waals surface area contributed by atoms with Gasteiger partial charge in [0.2, 0.25) is 18.2 Å². The van der Waals surface area contributed by atoms with Crippen molar-refractivity contribution in [2.45, 2.75) is 6.29 Å². The summed E-state index contributed by atoms with van der Waals surface area (Å²) in [6.07, 6.45) is -0.552. The number of guanidine groups is 2. The summed E-state index contributed by atoms with van der Waals surface area (Å²) in [6, 6.07) is 13.7. The number of nitrogens with two attached hydrogens (primary N) is 1. The molecule has 0 bridgehead atoms. The van der Waals surface area contributed by atoms with Gasteiger partial charge in [0.25, 0.3) is 0 Å². The van der Waals surface area contributed by atoms with Gasteiger partial charge in [-0.2, -0.15) is 4.99 Å². The molecule has 1 unspecified atom stereocenters. The van der Waals surface area contributed by atoms with Crippen LogP contribution in [0.5, 0.6) is 5.75 Å². The minimum atomic E-state index is -0.552. The summed E-state index contributed by atoms with van der Waals surface area (Å²) in [7, 11) is 1.63. The van der Waals surface area contributed by atoms with Crippen LogP contribution < -0.4 is 20.7 Å². The number of halogens is 1. The summed E-state index contributed by atoms with van der Waals surface area (Å²) in [5, 5.41) is 3.31. The van der Waals surface area contributed by atoms with E-state index in [0.29, 0.717) is 32.3 Å². The Morgan fingerprint density at radius 1 is 1.10 bits per heavy atom. The van der Waals surface area contributed by atoms with Gasteiger partial charge in [-0.3, -0.25) is 4.90 Å². The molecular formula is C20H23FN6O2. The molecule has 152 valence electrons. The molecule has 0 aliphatic carbocycles. The molecule has 1 atom stereocenters. The van der Waals surface area contributed by atoms with E-state index in [1.807, 2.05) is 29.2 Å². The van der Waals surface area contributed by atoms with Gasteiger partial charge in [-0.1, -0.05) is 0 Å². The molecular weight excluding hydrogens is 375 g/mol. The lowest BCUT2D eigenvalue weighted by molar-refractivity contribution is 0.0671. The molecule has 1 saturated heterocycles. The second-order valence-electron chi connectivity index (χ2n) is 6.59. The Morgan fingerprint density at radius 3 is 2.45 bits per heavy atom. The summed E-state index contributed by atoms with van der Waals surface area (Å²) in [5.41, 5.74) is 7.63. The first-order valence-electron chi connectivity index (χ1n) is 9.34. The van der Waals surface area contributed by atoms with E-state index in [9.17, 15) is 4.39 Å². The van der Waals surface area contributed by atoms with Gasteiger partial charge in [-0.15, -0.1) is 0 Å². The smallest absolute Gasteiger partial charge is 0.222 e. The van der Waals surface area contributed by atoms with Gasteiger partial charge in [0.15, 0.2) is 0 Å². The van der Waals surface area contributed by atoms with Crippen molar-refractivity contribution in [2.75, 3.05) is 43.6 Å². The average molecular weight is 398 g/mol. The van der Waals surface area contributed by atoms with Crippen LogP contribution in [0.3, 0.4) is 0 Å². The number of nitrogens with zero attached hydrogens (tertiary/aromatic N) is 4. The molecule has 0 saturated carbocycles. The van der Waals surface area contributed by atoms with Crippen molar-refractivity contribution >= 4 is 23.3 Å². The van der Waals surface area contributed by atoms with Gasteiger partial charge >= 0.3 is 0 Å². The van der Waals surface area contributed by atoms with Crippen LogP contribution >= 0.6 is 0 Å². The van der Waals surface area contributed by atoms with Crippen LogP contribution in [0.4, 0.5) is 15.8 Å². The molecule has 2 aromatic carbocycles. The van der Waals surface area contributed by atoms with Crippen LogP contribution in [0, 0.1) is 5.82 Å². The number of hydrogen-bond donors (Lipinski definition) is 2. The number of ether oxygens (including phenoxy) is 2. The Labute approximate surface area is 168 Å². The van der Waals surface area contributed by atoms with Crippen molar-refractivity contribution in [1.82, 2.24) is 4.90 Å². The Kier molecular flexibility index (Phi) is 5.48. The van der Waals surface area contributed by atoms with Crippen molar-refractivity contribution in [3.63, 3.8) is 0 Å². The third kappa shape index (κ3) is 4.24. The first kappa shape index (κ1) is 19.0. The lowest BCUT2D eigenvalue weighted by Crippen LogP contribution is -2.57. The quantitative estimate of drug-likeness (QED) is 0.820. The van der Waals surface area contributed by atoms with E-state index < -0.39 is 6.29 Å². The molecule has 0 aromatic heterocycles. The minimum Gasteiger partial charge on any atom is -0.497 e. The second kappa shape index (κ2) is 8.36. The zero-order chi connectivity index (χ0) is 20.2. The highest BCUT2D eigenvalue weighted by Gasteiger charge is 2.32. The van der Waals surface area contributed by atoms with Gasteiger partial charge in [0.05, 0.1) is 20.3 Å². The number of rotatable bonds is 4. The molecule has 0 amide bonds. The van der Waals surface area contributed by atoms with Crippen molar-refractivity contribution in [3.8, 4) is 5.75 Å². The van der Waals surface area contributed by atoms with Crippen LogP contribution in [0.15, 0.2) is 58.5 Å². The Morgan fingerprint density at radius 2 is 1.79 bits per heavy atom. The molecule has 0 spiro atoms. The van der Waals surface area contributed by atoms with Crippen molar-refractivity contribution in [2.24, 2.45) is 15.7 Å². The maximum absolute atomic E-state index is 13.3. The van der Waals surface area contributed by atoms with E-state index in [4.69, 9.17) is 15.2 Å². The zero-order valence-corrected chi connectivity index (χ0v) is 16.1. The zero-order valence-electron chi connectivity index (χ0n) is 16.1. The van der Waals surface area contributed by atoms with Crippen molar-refractivity contribution in [1.29, 1.82) is 0 Å². The van der Waals surface area contributed by atoms with Crippen LogP contribution in [0.25, 0.3) is 0 Å². The highest BCUT2D eigenvalue weighted by molar-refractivity contribution is 6.06. The molecule has 3 N–H and O–H groups in total. The number of morpholine rings is 1. The Balaban J connectivity index is 1.70. The molecule has 4 rings (SSSR count). The topological polar surface area (TPSA) is 87.7 Å². The van der Waals surface area contributed by atoms with Crippen molar-refractivity contribution in [3.05, 3.63) is 54.3 Å². The SMILES string of the molecule is COc1ccc(N2C(N3CCOCC3)=NC(N)=NC2Nc2ccc(F)cc2)cc1. The fourth-order valence-electron chi connectivity index (χ4n) is 3.26. The van der Waals surface area contributed by atoms with E-state index in [0.717, 1.165) is 17.1 Å². The van der Waals surface area contributed by atoms with Gasteiger partial charge < -0.3 is 25.4 Å². The third-order valence-corrected chi connectivity index (χ3v) is 4.71. The van der Waals surface area contributed by atoms with Gasteiger partial charge in [0, 0.05) is 24.5 Å². The fourth-order valence-corrected chi connectivity index (χ4v) is 3.26. The summed E-state index contributed by atoms with van der Waals surface area (Å²) in [4.78, 5) is 13.1. The molecule has 2 aliphatic rings. The van der Waals surface area contributed by atoms with E-state index >= 15 is 0 Å². The first-order valence-corrected chi connectivity index (χ1v) is 9.34. The predicted molar refractivity (Wildman–Crippen MR) is 111 cm³/mol. The highest BCUT2D eigenvalue weighted by Crippen LogP contribution is 2.26. The van der Waals surface area contributed by atoms with Gasteiger partial charge in [-0.05, 0) is 48.5 Å². The predicted octanol–water partition coefficient (Wildman–Crippen LogP) is 2.05. The minimum absolute atomic E-state index is 0.177. The monoisotopic (exact) mass is 398 g/mol. The van der Waals surface area contributed by atoms with Crippen LogP contribution in [0.1, 0.15) is 0 Å². The van der Waals surface area contributed by atoms with Gasteiger partial charge in [0.1, 0.15) is 11.6 Å². The Bertz CT molecular complexity index is 894. The molecule has 29 heavy (non-hydrogen) atoms. The third-order valence-electron chi connectivity index (χ3n) is 4.71. The maximum Gasteiger partial charge on any atom is 0.222 e. The molecule has 8 nitrogen and oxygen atoms in total. The molecule has 1 fully saturated rings. The average Bonchev–Trinajstić information content (AvgIpc) is 2.76. The summed E-state index contributed by atoms with van der Waals surface area (Å²) in [6.45, 7) is 2.62. The molecule has 2 heterocycles. The molecule has 2 aromatic rings. The lowest BCUT2D eigenvalue weighted by atomic mass is 10.2. The summed E-state index contributed by atoms with van der Waals surface area (Å²) >= 11 is 0. The number of methoxy groups -OCH3 is 1. The van der Waals surface area contributed by atoms with E-state index in [1.165, 1.54) is 12.1 Å². The largest absolute Gasteiger partial charge is 0.497 e. The van der Waals surface area contributed by atoms with Crippen LogP contribution in [0.2, 0.25) is 0 Å². The second-order valence-corrected chi connectivity index (χ2v) is 6.59. The van der Waals surface area contributed by atoms with Gasteiger partial charge in [-0.25, -0.2) is 9.38 Å². The molecule has 0 radical (unpaired) electrons. The number of anilines is 2. The number of aliphatic imine (C=N–C) groups is 2. The molecule has 2 aliphatic heterocycles. The Hall–Kier alpha value is -3.33. The van der Waals surface area contributed by atoms with Crippen molar-refractivity contribution < 1.29 is 13.9 Å². The van der Waals surface area contributed by atoms with Crippen LogP contribution in [-0.4, -0.2) is 56.5 Å². The lowest BCUT2D eigenvalue weighted by Gasteiger charge is -2.41. The fraction of sp³-hybridized carbons (Fsp3) is 0.300. The normalized spacial score (nSPS) is 19.4.